The van der Waals surface area contributed by atoms with Gasteiger partial charge in [-0.15, -0.1) is 11.3 Å². The van der Waals surface area contributed by atoms with E-state index in [0.717, 1.165) is 4.88 Å². The fourth-order valence-electron chi connectivity index (χ4n) is 2.31. The fourth-order valence-corrected chi connectivity index (χ4v) is 2.95. The lowest BCUT2D eigenvalue weighted by molar-refractivity contribution is -0.145. The van der Waals surface area contributed by atoms with E-state index >= 15 is 0 Å². The van der Waals surface area contributed by atoms with Gasteiger partial charge >= 0.3 is 11.9 Å². The van der Waals surface area contributed by atoms with E-state index < -0.39 is 11.9 Å². The van der Waals surface area contributed by atoms with Crippen molar-refractivity contribution >= 4 is 35.2 Å². The number of benzene rings is 1. The Bertz CT molecular complexity index is 901. The number of aliphatic imine (C=N–C) groups is 1. The van der Waals surface area contributed by atoms with E-state index in [-0.39, 0.29) is 18.9 Å². The number of ether oxygens (including phenoxy) is 4. The number of carbonyl (C=O) groups is 2. The third-order valence-electron chi connectivity index (χ3n) is 3.49. The smallest absolute Gasteiger partial charge is 0.363 e. The van der Waals surface area contributed by atoms with Crippen LogP contribution < -0.4 is 9.47 Å². The van der Waals surface area contributed by atoms with Gasteiger partial charge in [0.1, 0.15) is 0 Å². The Labute approximate surface area is 159 Å². The minimum atomic E-state index is -0.514. The summed E-state index contributed by atoms with van der Waals surface area (Å²) in [5.41, 5.74) is 0.874. The minimum absolute atomic E-state index is 0.195. The molecule has 0 saturated carbocycles. The Balaban J connectivity index is 1.78. The van der Waals surface area contributed by atoms with Gasteiger partial charge in [-0.1, -0.05) is 12.1 Å². The second-order valence-electron chi connectivity index (χ2n) is 5.32. The van der Waals surface area contributed by atoms with Crippen molar-refractivity contribution in [3.63, 3.8) is 0 Å². The molecule has 3 rings (SSSR count). The van der Waals surface area contributed by atoms with Crippen LogP contribution in [-0.2, 0) is 19.1 Å². The van der Waals surface area contributed by atoms with Gasteiger partial charge in [-0.25, -0.2) is 14.6 Å². The highest BCUT2D eigenvalue weighted by Crippen LogP contribution is 2.30. The molecule has 1 aliphatic heterocycles. The normalized spacial score (nSPS) is 14.7. The van der Waals surface area contributed by atoms with Gasteiger partial charge in [-0.3, -0.25) is 0 Å². The highest BCUT2D eigenvalue weighted by molar-refractivity contribution is 7.12. The summed E-state index contributed by atoms with van der Waals surface area (Å²) >= 11 is 1.44. The predicted molar refractivity (Wildman–Crippen MR) is 100 cm³/mol. The first-order valence-corrected chi connectivity index (χ1v) is 9.01. The first kappa shape index (κ1) is 18.7. The third kappa shape index (κ3) is 4.53. The summed E-state index contributed by atoms with van der Waals surface area (Å²) in [4.78, 5) is 28.5. The quantitative estimate of drug-likeness (QED) is 0.536. The van der Waals surface area contributed by atoms with Crippen LogP contribution in [0.15, 0.2) is 46.4 Å². The van der Waals surface area contributed by atoms with Crippen LogP contribution in [-0.4, -0.2) is 38.2 Å². The van der Waals surface area contributed by atoms with E-state index in [0.29, 0.717) is 23.0 Å². The summed E-state index contributed by atoms with van der Waals surface area (Å²) in [7, 11) is 1.49. The van der Waals surface area contributed by atoms with Gasteiger partial charge in [0, 0.05) is 0 Å². The second kappa shape index (κ2) is 8.50. The van der Waals surface area contributed by atoms with Gasteiger partial charge in [-0.2, -0.15) is 0 Å². The van der Waals surface area contributed by atoms with E-state index in [4.69, 9.17) is 18.9 Å². The van der Waals surface area contributed by atoms with E-state index in [9.17, 15) is 9.59 Å². The van der Waals surface area contributed by atoms with E-state index in [1.165, 1.54) is 18.4 Å². The molecular formula is C19H17NO6S. The number of nitrogens with zero attached hydrogens (tertiary/aromatic N) is 1. The lowest BCUT2D eigenvalue weighted by Gasteiger charge is -2.10. The van der Waals surface area contributed by atoms with Crippen LogP contribution >= 0.6 is 11.3 Å². The van der Waals surface area contributed by atoms with Crippen molar-refractivity contribution in [2.24, 2.45) is 4.99 Å². The highest BCUT2D eigenvalue weighted by Gasteiger charge is 2.24. The van der Waals surface area contributed by atoms with Crippen molar-refractivity contribution in [1.82, 2.24) is 0 Å². The molecule has 0 aliphatic carbocycles. The molecule has 8 heteroatoms. The summed E-state index contributed by atoms with van der Waals surface area (Å²) in [6, 6.07) is 8.74. The van der Waals surface area contributed by atoms with Crippen molar-refractivity contribution in [2.45, 2.75) is 6.92 Å². The average molecular weight is 387 g/mol. The van der Waals surface area contributed by atoms with Crippen LogP contribution in [0.1, 0.15) is 17.4 Å². The van der Waals surface area contributed by atoms with Crippen molar-refractivity contribution in [1.29, 1.82) is 0 Å². The molecule has 1 aliphatic rings. The lowest BCUT2D eigenvalue weighted by atomic mass is 10.1. The molecule has 0 unspecified atom stereocenters. The fraction of sp³-hybridized carbons (Fsp3) is 0.211. The number of thiophene rings is 1. The van der Waals surface area contributed by atoms with Gasteiger partial charge < -0.3 is 18.9 Å². The van der Waals surface area contributed by atoms with E-state index in [2.05, 4.69) is 4.99 Å². The van der Waals surface area contributed by atoms with Crippen molar-refractivity contribution in [3.8, 4) is 11.5 Å². The van der Waals surface area contributed by atoms with Crippen LogP contribution in [0, 0.1) is 0 Å². The zero-order valence-corrected chi connectivity index (χ0v) is 15.6. The first-order chi connectivity index (χ1) is 13.1. The first-order valence-electron chi connectivity index (χ1n) is 8.13. The third-order valence-corrected chi connectivity index (χ3v) is 4.35. The molecule has 0 amide bonds. The second-order valence-corrected chi connectivity index (χ2v) is 6.27. The molecule has 0 spiro atoms. The predicted octanol–water partition coefficient (Wildman–Crippen LogP) is 3.04. The number of methoxy groups -OCH3 is 1. The van der Waals surface area contributed by atoms with Crippen molar-refractivity contribution in [3.05, 3.63) is 51.8 Å². The molecular weight excluding hydrogens is 370 g/mol. The molecule has 0 fully saturated rings. The molecule has 27 heavy (non-hydrogen) atoms. The molecule has 2 aromatic rings. The molecule has 1 aromatic carbocycles. The van der Waals surface area contributed by atoms with Gasteiger partial charge in [-0.05, 0) is 42.1 Å². The van der Waals surface area contributed by atoms with Gasteiger partial charge in [0.2, 0.25) is 5.90 Å². The number of rotatable bonds is 7. The Hall–Kier alpha value is -3.13. The van der Waals surface area contributed by atoms with Crippen LogP contribution in [0.3, 0.4) is 0 Å². The summed E-state index contributed by atoms with van der Waals surface area (Å²) < 4.78 is 20.7. The maximum absolute atomic E-state index is 12.0. The SMILES string of the molecule is CCOC(=O)COc1ccc(/C=C2/N=C(c3cccs3)OC2=O)cc1OC. The average Bonchev–Trinajstić information content (AvgIpc) is 3.31. The summed E-state index contributed by atoms with van der Waals surface area (Å²) in [5.74, 6) is 0.129. The van der Waals surface area contributed by atoms with Gasteiger partial charge in [0.25, 0.3) is 0 Å². The minimum Gasteiger partial charge on any atom is -0.493 e. The number of hydrogen-bond acceptors (Lipinski definition) is 8. The maximum Gasteiger partial charge on any atom is 0.363 e. The number of cyclic esters (lactones) is 1. The molecule has 0 saturated heterocycles. The van der Waals surface area contributed by atoms with Crippen LogP contribution in [0.25, 0.3) is 6.08 Å². The Morgan fingerprint density at radius 2 is 2.15 bits per heavy atom. The Morgan fingerprint density at radius 3 is 2.85 bits per heavy atom. The number of hydrogen-bond donors (Lipinski definition) is 0. The number of esters is 2. The molecule has 7 nitrogen and oxygen atoms in total. The Morgan fingerprint density at radius 1 is 1.30 bits per heavy atom. The van der Waals surface area contributed by atoms with Gasteiger partial charge in [0.05, 0.1) is 18.6 Å². The molecule has 0 bridgehead atoms. The van der Waals surface area contributed by atoms with Crippen molar-refractivity contribution in [2.75, 3.05) is 20.3 Å². The molecule has 2 heterocycles. The maximum atomic E-state index is 12.0. The van der Waals surface area contributed by atoms with Crippen LogP contribution in [0.4, 0.5) is 0 Å². The molecule has 0 atom stereocenters. The number of carbonyl (C=O) groups excluding carboxylic acids is 2. The van der Waals surface area contributed by atoms with E-state index in [1.54, 1.807) is 31.2 Å². The molecule has 0 N–H and O–H groups in total. The van der Waals surface area contributed by atoms with Crippen LogP contribution in [0.5, 0.6) is 11.5 Å². The summed E-state index contributed by atoms with van der Waals surface area (Å²) in [6.45, 7) is 1.79. The summed E-state index contributed by atoms with van der Waals surface area (Å²) in [5, 5.41) is 1.88. The highest BCUT2D eigenvalue weighted by atomic mass is 32.1. The summed E-state index contributed by atoms with van der Waals surface area (Å²) in [6.07, 6.45) is 1.60. The van der Waals surface area contributed by atoms with Crippen molar-refractivity contribution < 1.29 is 28.5 Å². The van der Waals surface area contributed by atoms with Gasteiger partial charge in [0.15, 0.2) is 23.8 Å². The molecule has 0 radical (unpaired) electrons. The largest absolute Gasteiger partial charge is 0.493 e. The van der Waals surface area contributed by atoms with Crippen LogP contribution in [0.2, 0.25) is 0 Å². The monoisotopic (exact) mass is 387 g/mol. The lowest BCUT2D eigenvalue weighted by Crippen LogP contribution is -2.14. The molecule has 1 aromatic heterocycles. The zero-order chi connectivity index (χ0) is 19.2. The topological polar surface area (TPSA) is 83.4 Å². The van der Waals surface area contributed by atoms with E-state index in [1.807, 2.05) is 17.5 Å². The molecule has 140 valence electrons. The standard InChI is InChI=1S/C19H17NO6S/c1-3-24-17(21)11-25-14-7-6-12(10-15(14)23-2)9-13-19(22)26-18(20-13)16-5-4-8-27-16/h4-10H,3,11H2,1-2H3/b13-9+. The Kier molecular flexibility index (Phi) is 5.87. The zero-order valence-electron chi connectivity index (χ0n) is 14.8.